The molecule has 0 aliphatic rings. The number of amides is 1. The molecule has 0 saturated carbocycles. The number of nitrogens with zero attached hydrogens (tertiary/aromatic N) is 2. The molecule has 0 aliphatic carbocycles. The van der Waals surface area contributed by atoms with Crippen molar-refractivity contribution in [1.29, 1.82) is 0 Å². The summed E-state index contributed by atoms with van der Waals surface area (Å²) in [5, 5.41) is 2.75. The quantitative estimate of drug-likeness (QED) is 0.663. The molecule has 1 N–H and O–H groups in total. The molecule has 30 heavy (non-hydrogen) atoms. The zero-order valence-electron chi connectivity index (χ0n) is 17.3. The highest BCUT2D eigenvalue weighted by Crippen LogP contribution is 2.29. The maximum Gasteiger partial charge on any atom is 0.438 e. The summed E-state index contributed by atoms with van der Waals surface area (Å²) < 4.78 is 41.3. The summed E-state index contributed by atoms with van der Waals surface area (Å²) in [4.78, 5) is 29.3. The molecule has 0 radical (unpaired) electrons. The second-order valence-corrected chi connectivity index (χ2v) is 7.49. The van der Waals surface area contributed by atoms with Crippen molar-refractivity contribution in [3.63, 3.8) is 0 Å². The summed E-state index contributed by atoms with van der Waals surface area (Å²) in [6, 6.07) is 7.36. The second-order valence-electron chi connectivity index (χ2n) is 7.49. The zero-order chi connectivity index (χ0) is 22.4. The van der Waals surface area contributed by atoms with E-state index in [-0.39, 0.29) is 11.0 Å². The van der Waals surface area contributed by atoms with Gasteiger partial charge in [0.1, 0.15) is 6.04 Å². The fraction of sp³-hybridized carbons (Fsp3) is 0.318. The van der Waals surface area contributed by atoms with Crippen LogP contribution in [0, 0.1) is 27.7 Å². The molecule has 1 heterocycles. The minimum Gasteiger partial charge on any atom is -0.324 e. The van der Waals surface area contributed by atoms with E-state index in [4.69, 9.17) is 0 Å². The summed E-state index contributed by atoms with van der Waals surface area (Å²) in [7, 11) is 0. The van der Waals surface area contributed by atoms with E-state index >= 15 is 0 Å². The molecule has 0 bridgehead atoms. The maximum absolute atomic E-state index is 13.5. The molecule has 3 rings (SSSR count). The Bertz CT molecular complexity index is 1190. The number of nitrogens with one attached hydrogen (secondary N) is 1. The molecule has 0 unspecified atom stereocenters. The number of anilines is 1. The number of alkyl halides is 3. The zero-order valence-corrected chi connectivity index (χ0v) is 17.3. The Morgan fingerprint density at radius 2 is 1.60 bits per heavy atom. The number of aryl methyl sites for hydroxylation is 4. The number of hydrogen-bond acceptors (Lipinski definition) is 3. The van der Waals surface area contributed by atoms with E-state index in [0.717, 1.165) is 26.8 Å². The highest BCUT2D eigenvalue weighted by molar-refractivity contribution is 5.95. The van der Waals surface area contributed by atoms with Crippen LogP contribution in [0.3, 0.4) is 0 Å². The molecule has 2 aromatic carbocycles. The number of carbonyl (C=O) groups is 1. The fourth-order valence-corrected chi connectivity index (χ4v) is 3.39. The van der Waals surface area contributed by atoms with E-state index in [0.29, 0.717) is 5.69 Å². The Hall–Kier alpha value is -3.16. The van der Waals surface area contributed by atoms with Crippen molar-refractivity contribution in [2.75, 3.05) is 5.32 Å². The SMILES string of the molecule is Cc1cc2nc(C(F)(F)F)c(=O)n([C@H](C)C(=O)Nc3c(C)cccc3C)c2cc1C. The average molecular weight is 417 g/mol. The van der Waals surface area contributed by atoms with Crippen molar-refractivity contribution in [1.82, 2.24) is 9.55 Å². The second kappa shape index (κ2) is 7.59. The lowest BCUT2D eigenvalue weighted by Crippen LogP contribution is -2.36. The first kappa shape index (κ1) is 21.5. The van der Waals surface area contributed by atoms with E-state index in [1.807, 2.05) is 32.0 Å². The lowest BCUT2D eigenvalue weighted by atomic mass is 10.1. The first-order chi connectivity index (χ1) is 13.9. The minimum atomic E-state index is -4.94. The Kier molecular flexibility index (Phi) is 5.45. The lowest BCUT2D eigenvalue weighted by Gasteiger charge is -2.21. The molecule has 1 amide bonds. The van der Waals surface area contributed by atoms with Gasteiger partial charge in [0.15, 0.2) is 0 Å². The van der Waals surface area contributed by atoms with Crippen LogP contribution >= 0.6 is 0 Å². The Labute approximate surface area is 171 Å². The van der Waals surface area contributed by atoms with E-state index in [1.54, 1.807) is 19.9 Å². The van der Waals surface area contributed by atoms with Crippen molar-refractivity contribution in [2.45, 2.75) is 46.8 Å². The monoisotopic (exact) mass is 417 g/mol. The summed E-state index contributed by atoms with van der Waals surface area (Å²) in [5.74, 6) is -0.589. The first-order valence-electron chi connectivity index (χ1n) is 9.39. The van der Waals surface area contributed by atoms with Gasteiger partial charge in [-0.1, -0.05) is 18.2 Å². The molecule has 0 aliphatic heterocycles. The van der Waals surface area contributed by atoms with Crippen molar-refractivity contribution in [3.05, 3.63) is 68.6 Å². The van der Waals surface area contributed by atoms with Gasteiger partial charge in [0.2, 0.25) is 11.6 Å². The van der Waals surface area contributed by atoms with Gasteiger partial charge in [-0.2, -0.15) is 13.2 Å². The molecule has 3 aromatic rings. The van der Waals surface area contributed by atoms with Gasteiger partial charge in [-0.05, 0) is 69.0 Å². The van der Waals surface area contributed by atoms with Crippen LogP contribution in [0.25, 0.3) is 11.0 Å². The Morgan fingerprint density at radius 3 is 2.17 bits per heavy atom. The lowest BCUT2D eigenvalue weighted by molar-refractivity contribution is -0.142. The number of benzene rings is 2. The summed E-state index contributed by atoms with van der Waals surface area (Å²) >= 11 is 0. The Balaban J connectivity index is 2.20. The number of hydrogen-bond donors (Lipinski definition) is 1. The van der Waals surface area contributed by atoms with Gasteiger partial charge in [0.25, 0.3) is 5.56 Å². The molecular weight excluding hydrogens is 395 g/mol. The summed E-state index contributed by atoms with van der Waals surface area (Å²) in [6.07, 6.45) is -4.94. The third-order valence-corrected chi connectivity index (χ3v) is 5.27. The van der Waals surface area contributed by atoms with Crippen molar-refractivity contribution in [2.24, 2.45) is 0 Å². The van der Waals surface area contributed by atoms with Crippen molar-refractivity contribution >= 4 is 22.6 Å². The third-order valence-electron chi connectivity index (χ3n) is 5.27. The predicted octanol–water partition coefficient (Wildman–Crippen LogP) is 4.85. The van der Waals surface area contributed by atoms with Crippen molar-refractivity contribution < 1.29 is 18.0 Å². The highest BCUT2D eigenvalue weighted by atomic mass is 19.4. The normalized spacial score (nSPS) is 12.8. The smallest absolute Gasteiger partial charge is 0.324 e. The van der Waals surface area contributed by atoms with Gasteiger partial charge in [-0.25, -0.2) is 4.98 Å². The highest BCUT2D eigenvalue weighted by Gasteiger charge is 2.38. The van der Waals surface area contributed by atoms with E-state index in [1.165, 1.54) is 13.0 Å². The number of rotatable bonds is 3. The van der Waals surface area contributed by atoms with Gasteiger partial charge in [-0.3, -0.25) is 14.2 Å². The van der Waals surface area contributed by atoms with Crippen LogP contribution in [0.15, 0.2) is 35.1 Å². The average Bonchev–Trinajstić information content (AvgIpc) is 2.64. The van der Waals surface area contributed by atoms with Crippen LogP contribution in [-0.2, 0) is 11.0 Å². The van der Waals surface area contributed by atoms with Crippen LogP contribution in [0.4, 0.5) is 18.9 Å². The molecule has 5 nitrogen and oxygen atoms in total. The summed E-state index contributed by atoms with van der Waals surface area (Å²) in [6.45, 7) is 8.56. The van der Waals surface area contributed by atoms with E-state index in [2.05, 4.69) is 10.3 Å². The maximum atomic E-state index is 13.5. The Morgan fingerprint density at radius 1 is 1.03 bits per heavy atom. The van der Waals surface area contributed by atoms with E-state index in [9.17, 15) is 22.8 Å². The van der Waals surface area contributed by atoms with Gasteiger partial charge in [0, 0.05) is 5.69 Å². The standard InChI is InChI=1S/C22H22F3N3O2/c1-11-7-6-8-12(2)18(11)27-20(29)15(5)28-17-10-14(4)13(3)9-16(17)26-19(21(28)30)22(23,24)25/h6-10,15H,1-5H3,(H,27,29)/t15-/m1/s1. The third kappa shape index (κ3) is 3.81. The number of aromatic nitrogens is 2. The number of para-hydroxylation sites is 1. The molecule has 0 fully saturated rings. The van der Waals surface area contributed by atoms with E-state index < -0.39 is 29.4 Å². The van der Waals surface area contributed by atoms with Gasteiger partial charge in [-0.15, -0.1) is 0 Å². The number of halogens is 3. The molecule has 1 atom stereocenters. The van der Waals surface area contributed by atoms with Crippen LogP contribution in [0.5, 0.6) is 0 Å². The molecule has 0 saturated heterocycles. The van der Waals surface area contributed by atoms with Gasteiger partial charge < -0.3 is 5.32 Å². The topological polar surface area (TPSA) is 64.0 Å². The molecule has 0 spiro atoms. The van der Waals surface area contributed by atoms with Gasteiger partial charge >= 0.3 is 6.18 Å². The fourth-order valence-electron chi connectivity index (χ4n) is 3.39. The van der Waals surface area contributed by atoms with Crippen LogP contribution in [-0.4, -0.2) is 15.5 Å². The molecule has 1 aromatic heterocycles. The molecule has 8 heteroatoms. The van der Waals surface area contributed by atoms with Gasteiger partial charge in [0.05, 0.1) is 11.0 Å². The molecular formula is C22H22F3N3O2. The van der Waals surface area contributed by atoms with Crippen LogP contribution in [0.1, 0.15) is 40.9 Å². The largest absolute Gasteiger partial charge is 0.438 e. The van der Waals surface area contributed by atoms with Crippen LogP contribution < -0.4 is 10.9 Å². The summed E-state index contributed by atoms with van der Waals surface area (Å²) in [5.41, 5.74) is 1.02. The minimum absolute atomic E-state index is 0.0109. The van der Waals surface area contributed by atoms with Crippen LogP contribution in [0.2, 0.25) is 0 Å². The predicted molar refractivity (Wildman–Crippen MR) is 110 cm³/mol. The number of carbonyl (C=O) groups excluding carboxylic acids is 1. The molecule has 158 valence electrons. The van der Waals surface area contributed by atoms with Crippen molar-refractivity contribution in [3.8, 4) is 0 Å². The number of fused-ring (bicyclic) bond motifs is 1. The first-order valence-corrected chi connectivity index (χ1v) is 9.39.